The molecule has 1 N–H and O–H groups in total. The fourth-order valence-corrected chi connectivity index (χ4v) is 2.65. The normalized spacial score (nSPS) is 14.7. The first kappa shape index (κ1) is 13.6. The molecular formula is C14H23NS. The van der Waals surface area contributed by atoms with E-state index in [1.54, 1.807) is 0 Å². The third-order valence-electron chi connectivity index (χ3n) is 2.77. The van der Waals surface area contributed by atoms with Crippen molar-refractivity contribution in [2.24, 2.45) is 0 Å². The Morgan fingerprint density at radius 2 is 1.88 bits per heavy atom. The molecule has 2 unspecified atom stereocenters. The van der Waals surface area contributed by atoms with Crippen molar-refractivity contribution in [3.63, 3.8) is 0 Å². The van der Waals surface area contributed by atoms with E-state index in [4.69, 9.17) is 0 Å². The van der Waals surface area contributed by atoms with Crippen molar-refractivity contribution in [1.29, 1.82) is 0 Å². The summed E-state index contributed by atoms with van der Waals surface area (Å²) in [4.78, 5) is 0. The average molecular weight is 237 g/mol. The zero-order chi connectivity index (χ0) is 11.8. The molecule has 0 saturated carbocycles. The summed E-state index contributed by atoms with van der Waals surface area (Å²) in [6, 6.07) is 11.2. The lowest BCUT2D eigenvalue weighted by atomic mass is 10.1. The predicted molar refractivity (Wildman–Crippen MR) is 75.1 cm³/mol. The third-order valence-corrected chi connectivity index (χ3v) is 4.20. The van der Waals surface area contributed by atoms with E-state index < -0.39 is 0 Å². The van der Waals surface area contributed by atoms with Crippen molar-refractivity contribution in [2.75, 3.05) is 12.3 Å². The summed E-state index contributed by atoms with van der Waals surface area (Å²) >= 11 is 2.06. The Morgan fingerprint density at radius 1 is 1.19 bits per heavy atom. The van der Waals surface area contributed by atoms with E-state index in [1.807, 2.05) is 0 Å². The van der Waals surface area contributed by atoms with Crippen LogP contribution in [0.25, 0.3) is 0 Å². The van der Waals surface area contributed by atoms with E-state index in [1.165, 1.54) is 12.0 Å². The van der Waals surface area contributed by atoms with Crippen LogP contribution in [0.4, 0.5) is 0 Å². The number of thioether (sulfide) groups is 1. The van der Waals surface area contributed by atoms with Crippen LogP contribution in [0.2, 0.25) is 0 Å². The van der Waals surface area contributed by atoms with Crippen LogP contribution in [-0.4, -0.2) is 17.5 Å². The lowest BCUT2D eigenvalue weighted by Gasteiger charge is -2.19. The first-order chi connectivity index (χ1) is 7.77. The second kappa shape index (κ2) is 7.75. The molecule has 0 aliphatic rings. The molecule has 16 heavy (non-hydrogen) atoms. The number of hydrogen-bond acceptors (Lipinski definition) is 2. The summed E-state index contributed by atoms with van der Waals surface area (Å²) in [5.74, 6) is 1.16. The Kier molecular flexibility index (Phi) is 6.58. The molecular weight excluding hydrogens is 214 g/mol. The number of nitrogens with one attached hydrogen (secondary N) is 1. The zero-order valence-electron chi connectivity index (χ0n) is 10.6. The second-order valence-electron chi connectivity index (χ2n) is 4.07. The fourth-order valence-electron chi connectivity index (χ4n) is 1.58. The molecule has 0 spiro atoms. The Balaban J connectivity index is 2.54. The van der Waals surface area contributed by atoms with Gasteiger partial charge in [0, 0.05) is 17.0 Å². The van der Waals surface area contributed by atoms with Crippen LogP contribution in [-0.2, 0) is 0 Å². The van der Waals surface area contributed by atoms with Gasteiger partial charge in [0.1, 0.15) is 0 Å². The van der Waals surface area contributed by atoms with Gasteiger partial charge in [-0.1, -0.05) is 51.1 Å². The zero-order valence-corrected chi connectivity index (χ0v) is 11.4. The highest BCUT2D eigenvalue weighted by Gasteiger charge is 2.11. The van der Waals surface area contributed by atoms with Crippen molar-refractivity contribution < 1.29 is 0 Å². The standard InChI is InChI=1S/C14H23NS/c1-4-12(3)16-11-14(15-5-2)13-9-7-6-8-10-13/h6-10,12,14-15H,4-5,11H2,1-3H3. The van der Waals surface area contributed by atoms with E-state index >= 15 is 0 Å². The van der Waals surface area contributed by atoms with Crippen molar-refractivity contribution in [2.45, 2.75) is 38.5 Å². The first-order valence-electron chi connectivity index (χ1n) is 6.17. The van der Waals surface area contributed by atoms with Gasteiger partial charge in [0.05, 0.1) is 0 Å². The maximum atomic E-state index is 3.56. The summed E-state index contributed by atoms with van der Waals surface area (Å²) in [7, 11) is 0. The van der Waals surface area contributed by atoms with Gasteiger partial charge in [-0.25, -0.2) is 0 Å². The van der Waals surface area contributed by atoms with Crippen LogP contribution in [0.5, 0.6) is 0 Å². The van der Waals surface area contributed by atoms with E-state index in [0.717, 1.165) is 17.5 Å². The largest absolute Gasteiger partial charge is 0.310 e. The third kappa shape index (κ3) is 4.58. The minimum atomic E-state index is 0.491. The maximum absolute atomic E-state index is 3.56. The minimum Gasteiger partial charge on any atom is -0.310 e. The van der Waals surface area contributed by atoms with Crippen LogP contribution in [0.15, 0.2) is 30.3 Å². The average Bonchev–Trinajstić information content (AvgIpc) is 2.35. The molecule has 0 bridgehead atoms. The summed E-state index contributed by atoms with van der Waals surface area (Å²) < 4.78 is 0. The highest BCUT2D eigenvalue weighted by Crippen LogP contribution is 2.22. The smallest absolute Gasteiger partial charge is 0.0411 e. The quantitative estimate of drug-likeness (QED) is 0.772. The lowest BCUT2D eigenvalue weighted by Crippen LogP contribution is -2.23. The van der Waals surface area contributed by atoms with Gasteiger partial charge in [-0.15, -0.1) is 0 Å². The lowest BCUT2D eigenvalue weighted by molar-refractivity contribution is 0.605. The van der Waals surface area contributed by atoms with E-state index in [9.17, 15) is 0 Å². The van der Waals surface area contributed by atoms with Gasteiger partial charge in [0.25, 0.3) is 0 Å². The van der Waals surface area contributed by atoms with Gasteiger partial charge in [-0.2, -0.15) is 11.8 Å². The van der Waals surface area contributed by atoms with E-state index in [2.05, 4.69) is 68.2 Å². The van der Waals surface area contributed by atoms with Gasteiger partial charge in [-0.05, 0) is 18.5 Å². The Bertz CT molecular complexity index is 273. The van der Waals surface area contributed by atoms with Crippen LogP contribution in [0.1, 0.15) is 38.8 Å². The molecule has 1 nitrogen and oxygen atoms in total. The molecule has 2 atom stereocenters. The van der Waals surface area contributed by atoms with Gasteiger partial charge in [-0.3, -0.25) is 0 Å². The number of rotatable bonds is 7. The first-order valence-corrected chi connectivity index (χ1v) is 7.22. The second-order valence-corrected chi connectivity index (χ2v) is 5.54. The molecule has 0 aromatic heterocycles. The van der Waals surface area contributed by atoms with E-state index in [0.29, 0.717) is 6.04 Å². The highest BCUT2D eigenvalue weighted by molar-refractivity contribution is 7.99. The molecule has 2 heteroatoms. The van der Waals surface area contributed by atoms with Gasteiger partial charge < -0.3 is 5.32 Å². The Morgan fingerprint density at radius 3 is 2.44 bits per heavy atom. The van der Waals surface area contributed by atoms with Crippen molar-refractivity contribution in [1.82, 2.24) is 5.32 Å². The molecule has 1 rings (SSSR count). The predicted octanol–water partition coefficient (Wildman–Crippen LogP) is 3.87. The molecule has 90 valence electrons. The topological polar surface area (TPSA) is 12.0 Å². The molecule has 1 aromatic carbocycles. The monoisotopic (exact) mass is 237 g/mol. The minimum absolute atomic E-state index is 0.491. The van der Waals surface area contributed by atoms with E-state index in [-0.39, 0.29) is 0 Å². The number of hydrogen-bond donors (Lipinski definition) is 1. The highest BCUT2D eigenvalue weighted by atomic mass is 32.2. The van der Waals surface area contributed by atoms with Crippen molar-refractivity contribution in [3.8, 4) is 0 Å². The van der Waals surface area contributed by atoms with Gasteiger partial charge in [0.15, 0.2) is 0 Å². The molecule has 0 saturated heterocycles. The molecule has 0 heterocycles. The Labute approximate surface area is 104 Å². The molecule has 0 fully saturated rings. The van der Waals surface area contributed by atoms with Crippen LogP contribution < -0.4 is 5.32 Å². The molecule has 0 aliphatic carbocycles. The fraction of sp³-hybridized carbons (Fsp3) is 0.571. The summed E-state index contributed by atoms with van der Waals surface area (Å²) in [6.07, 6.45) is 1.25. The van der Waals surface area contributed by atoms with Crippen LogP contribution in [0, 0.1) is 0 Å². The van der Waals surface area contributed by atoms with Gasteiger partial charge >= 0.3 is 0 Å². The van der Waals surface area contributed by atoms with Crippen molar-refractivity contribution in [3.05, 3.63) is 35.9 Å². The number of benzene rings is 1. The summed E-state index contributed by atoms with van der Waals surface area (Å²) in [6.45, 7) is 7.76. The molecule has 0 radical (unpaired) electrons. The molecule has 0 amide bonds. The maximum Gasteiger partial charge on any atom is 0.0411 e. The Hall–Kier alpha value is -0.470. The van der Waals surface area contributed by atoms with Crippen LogP contribution >= 0.6 is 11.8 Å². The molecule has 1 aromatic rings. The SMILES string of the molecule is CCNC(CSC(C)CC)c1ccccc1. The summed E-state index contributed by atoms with van der Waals surface area (Å²) in [5, 5.41) is 4.31. The van der Waals surface area contributed by atoms with Crippen LogP contribution in [0.3, 0.4) is 0 Å². The summed E-state index contributed by atoms with van der Waals surface area (Å²) in [5.41, 5.74) is 1.40. The van der Waals surface area contributed by atoms with Gasteiger partial charge in [0.2, 0.25) is 0 Å². The molecule has 0 aliphatic heterocycles. The van der Waals surface area contributed by atoms with Crippen molar-refractivity contribution >= 4 is 11.8 Å².